The lowest BCUT2D eigenvalue weighted by Crippen LogP contribution is -2.23. The Morgan fingerprint density at radius 1 is 1.21 bits per heavy atom. The van der Waals surface area contributed by atoms with Gasteiger partial charge in [-0.25, -0.2) is 18.5 Å². The van der Waals surface area contributed by atoms with Gasteiger partial charge >= 0.3 is 0 Å². The van der Waals surface area contributed by atoms with Crippen LogP contribution in [0.1, 0.15) is 17.5 Å². The minimum Gasteiger partial charge on any atom is -0.481 e. The van der Waals surface area contributed by atoms with Gasteiger partial charge in [-0.15, -0.1) is 0 Å². The van der Waals surface area contributed by atoms with Crippen LogP contribution in [0.5, 0.6) is 5.88 Å². The lowest BCUT2D eigenvalue weighted by molar-refractivity contribution is -0.121. The van der Waals surface area contributed by atoms with Crippen molar-refractivity contribution in [3.05, 3.63) is 53.7 Å². The van der Waals surface area contributed by atoms with Crippen LogP contribution in [0.3, 0.4) is 0 Å². The molecule has 1 aromatic carbocycles. The highest BCUT2D eigenvalue weighted by Gasteiger charge is 2.08. The summed E-state index contributed by atoms with van der Waals surface area (Å²) >= 11 is 0. The smallest absolute Gasteiger partial charge is 0.238 e. The number of nitrogens with zero attached hydrogens (tertiary/aromatic N) is 1. The minimum absolute atomic E-state index is 0.0577. The average Bonchev–Trinajstić information content (AvgIpc) is 2.58. The molecule has 0 atom stereocenters. The number of nitrogens with one attached hydrogen (secondary N) is 1. The molecule has 0 saturated carbocycles. The van der Waals surface area contributed by atoms with E-state index >= 15 is 0 Å². The third-order valence-electron chi connectivity index (χ3n) is 3.39. The van der Waals surface area contributed by atoms with Gasteiger partial charge in [0.15, 0.2) is 0 Å². The van der Waals surface area contributed by atoms with Crippen LogP contribution < -0.4 is 15.2 Å². The highest BCUT2D eigenvalue weighted by Crippen LogP contribution is 2.11. The molecule has 0 aliphatic rings. The van der Waals surface area contributed by atoms with Gasteiger partial charge in [0.25, 0.3) is 0 Å². The van der Waals surface area contributed by atoms with Crippen molar-refractivity contribution in [1.29, 1.82) is 0 Å². The lowest BCUT2D eigenvalue weighted by Gasteiger charge is -2.07. The molecule has 2 aromatic rings. The van der Waals surface area contributed by atoms with Crippen molar-refractivity contribution >= 4 is 15.9 Å². The van der Waals surface area contributed by atoms with Gasteiger partial charge < -0.3 is 10.1 Å². The number of ether oxygens (including phenoxy) is 1. The van der Waals surface area contributed by atoms with E-state index in [4.69, 9.17) is 9.88 Å². The first kappa shape index (κ1) is 17.9. The number of methoxy groups -OCH3 is 1. The second kappa shape index (κ2) is 7.89. The summed E-state index contributed by atoms with van der Waals surface area (Å²) in [5.41, 5.74) is 1.76. The predicted octanol–water partition coefficient (Wildman–Crippen LogP) is 0.987. The van der Waals surface area contributed by atoms with Gasteiger partial charge in [-0.2, -0.15) is 0 Å². The van der Waals surface area contributed by atoms with E-state index in [1.165, 1.54) is 19.2 Å². The quantitative estimate of drug-likeness (QED) is 0.774. The van der Waals surface area contributed by atoms with Crippen molar-refractivity contribution in [2.75, 3.05) is 7.11 Å². The van der Waals surface area contributed by atoms with E-state index in [9.17, 15) is 13.2 Å². The lowest BCUT2D eigenvalue weighted by atomic mass is 10.1. The van der Waals surface area contributed by atoms with Gasteiger partial charge in [0.1, 0.15) is 0 Å². The van der Waals surface area contributed by atoms with E-state index in [1.807, 2.05) is 0 Å². The van der Waals surface area contributed by atoms with E-state index in [0.29, 0.717) is 25.3 Å². The molecule has 1 heterocycles. The number of pyridine rings is 1. The van der Waals surface area contributed by atoms with Gasteiger partial charge in [0.05, 0.1) is 12.0 Å². The highest BCUT2D eigenvalue weighted by atomic mass is 32.2. The van der Waals surface area contributed by atoms with Crippen molar-refractivity contribution in [3.63, 3.8) is 0 Å². The number of hydrogen-bond donors (Lipinski definition) is 2. The molecule has 0 bridgehead atoms. The van der Waals surface area contributed by atoms with Crippen LogP contribution in [0.15, 0.2) is 47.5 Å². The Morgan fingerprint density at radius 2 is 1.92 bits per heavy atom. The van der Waals surface area contributed by atoms with E-state index in [-0.39, 0.29) is 10.8 Å². The number of sulfonamides is 1. The number of hydrogen-bond acceptors (Lipinski definition) is 5. The maximum absolute atomic E-state index is 11.9. The zero-order chi connectivity index (χ0) is 17.6. The number of carbonyl (C=O) groups excluding carboxylic acids is 1. The Balaban J connectivity index is 1.82. The number of nitrogens with two attached hydrogens (primary N) is 1. The fourth-order valence-electron chi connectivity index (χ4n) is 2.06. The summed E-state index contributed by atoms with van der Waals surface area (Å²) < 4.78 is 27.4. The fraction of sp³-hybridized carbons (Fsp3) is 0.250. The Morgan fingerprint density at radius 3 is 2.54 bits per heavy atom. The van der Waals surface area contributed by atoms with Crippen LogP contribution in [0.4, 0.5) is 0 Å². The Hall–Kier alpha value is -2.45. The summed E-state index contributed by atoms with van der Waals surface area (Å²) in [6, 6.07) is 9.74. The fourth-order valence-corrected chi connectivity index (χ4v) is 2.58. The van der Waals surface area contributed by atoms with Gasteiger partial charge in [-0.1, -0.05) is 12.1 Å². The monoisotopic (exact) mass is 349 g/mol. The van der Waals surface area contributed by atoms with Crippen LogP contribution in [0.25, 0.3) is 0 Å². The maximum Gasteiger partial charge on any atom is 0.238 e. The van der Waals surface area contributed by atoms with Crippen molar-refractivity contribution in [3.8, 4) is 5.88 Å². The molecule has 0 radical (unpaired) electrons. The largest absolute Gasteiger partial charge is 0.481 e. The zero-order valence-corrected chi connectivity index (χ0v) is 14.0. The number of aromatic nitrogens is 1. The van der Waals surface area contributed by atoms with Gasteiger partial charge in [0.2, 0.25) is 21.8 Å². The van der Waals surface area contributed by atoms with Crippen molar-refractivity contribution < 1.29 is 17.9 Å². The van der Waals surface area contributed by atoms with Crippen LogP contribution in [0, 0.1) is 0 Å². The normalized spacial score (nSPS) is 11.1. The molecule has 7 nitrogen and oxygen atoms in total. The molecule has 1 aromatic heterocycles. The van der Waals surface area contributed by atoms with Crippen molar-refractivity contribution in [2.45, 2.75) is 24.3 Å². The summed E-state index contributed by atoms with van der Waals surface area (Å²) in [6.45, 7) is 0.391. The number of amides is 1. The maximum atomic E-state index is 11.9. The minimum atomic E-state index is -3.69. The Labute approximate surface area is 140 Å². The molecule has 2 rings (SSSR count). The van der Waals surface area contributed by atoms with Crippen LogP contribution in [-0.4, -0.2) is 26.4 Å². The predicted molar refractivity (Wildman–Crippen MR) is 88.8 cm³/mol. The first-order chi connectivity index (χ1) is 11.4. The number of carbonyl (C=O) groups is 1. The summed E-state index contributed by atoms with van der Waals surface area (Å²) in [7, 11) is -2.16. The van der Waals surface area contributed by atoms with E-state index in [1.54, 1.807) is 30.5 Å². The average molecular weight is 349 g/mol. The highest BCUT2D eigenvalue weighted by molar-refractivity contribution is 7.89. The number of aryl methyl sites for hydroxylation is 1. The van der Waals surface area contributed by atoms with Gasteiger partial charge in [-0.3, -0.25) is 4.79 Å². The SMILES string of the molecule is COc1cc(CNC(=O)CCc2ccc(S(N)(=O)=O)cc2)ccn1. The third-order valence-corrected chi connectivity index (χ3v) is 4.32. The number of primary sulfonamides is 1. The molecular formula is C16H19N3O4S. The van der Waals surface area contributed by atoms with Gasteiger partial charge in [0, 0.05) is 25.2 Å². The van der Waals surface area contributed by atoms with Crippen LogP contribution in [-0.2, 0) is 27.8 Å². The molecule has 0 aliphatic heterocycles. The van der Waals surface area contributed by atoms with Crippen molar-refractivity contribution in [1.82, 2.24) is 10.3 Å². The molecule has 0 spiro atoms. The molecule has 3 N–H and O–H groups in total. The molecule has 128 valence electrons. The van der Waals surface area contributed by atoms with E-state index < -0.39 is 10.0 Å². The number of benzene rings is 1. The summed E-state index contributed by atoms with van der Waals surface area (Å²) in [5, 5.41) is 7.86. The molecule has 0 fully saturated rings. The summed E-state index contributed by atoms with van der Waals surface area (Å²) in [6.07, 6.45) is 2.43. The second-order valence-electron chi connectivity index (χ2n) is 5.17. The molecule has 24 heavy (non-hydrogen) atoms. The molecule has 0 aliphatic carbocycles. The topological polar surface area (TPSA) is 111 Å². The Kier molecular flexibility index (Phi) is 5.88. The van der Waals surface area contributed by atoms with E-state index in [2.05, 4.69) is 10.3 Å². The second-order valence-corrected chi connectivity index (χ2v) is 6.73. The molecule has 0 unspecified atom stereocenters. The first-order valence-corrected chi connectivity index (χ1v) is 8.80. The molecular weight excluding hydrogens is 330 g/mol. The van der Waals surface area contributed by atoms with Crippen LogP contribution in [0.2, 0.25) is 0 Å². The van der Waals surface area contributed by atoms with E-state index in [0.717, 1.165) is 11.1 Å². The standard InChI is InChI=1S/C16H19N3O4S/c1-23-16-10-13(8-9-18-16)11-19-15(20)7-4-12-2-5-14(6-3-12)24(17,21)22/h2-3,5-6,8-10H,4,7,11H2,1H3,(H,19,20)(H2,17,21,22). The molecule has 0 saturated heterocycles. The molecule has 1 amide bonds. The zero-order valence-electron chi connectivity index (χ0n) is 13.2. The molecule has 8 heteroatoms. The summed E-state index contributed by atoms with van der Waals surface area (Å²) in [4.78, 5) is 16.0. The van der Waals surface area contributed by atoms with Gasteiger partial charge in [-0.05, 0) is 35.7 Å². The van der Waals surface area contributed by atoms with Crippen molar-refractivity contribution in [2.24, 2.45) is 5.14 Å². The first-order valence-electron chi connectivity index (χ1n) is 7.26. The number of rotatable bonds is 7. The third kappa shape index (κ3) is 5.32. The summed E-state index contributed by atoms with van der Waals surface area (Å²) in [5.74, 6) is 0.401. The van der Waals surface area contributed by atoms with Crippen LogP contribution >= 0.6 is 0 Å². The Bertz CT molecular complexity index is 804.